The molecule has 9 nitrogen and oxygen atoms in total. The molecule has 6 N–H and O–H groups in total. The van der Waals surface area contributed by atoms with Gasteiger partial charge in [-0.25, -0.2) is 0 Å². The van der Waals surface area contributed by atoms with Gasteiger partial charge in [-0.3, -0.25) is 9.59 Å². The highest BCUT2D eigenvalue weighted by atomic mass is 32.2. The van der Waals surface area contributed by atoms with Gasteiger partial charge in [0.25, 0.3) is 0 Å². The Balaban J connectivity index is 1.20. The van der Waals surface area contributed by atoms with Crippen molar-refractivity contribution in [2.45, 2.75) is 70.1 Å². The number of benzene rings is 3. The van der Waals surface area contributed by atoms with Crippen LogP contribution >= 0.6 is 11.8 Å². The zero-order valence-corrected chi connectivity index (χ0v) is 25.8. The summed E-state index contributed by atoms with van der Waals surface area (Å²) in [6, 6.07) is 22.5. The summed E-state index contributed by atoms with van der Waals surface area (Å²) in [7, 11) is 0. The van der Waals surface area contributed by atoms with Gasteiger partial charge in [0.2, 0.25) is 11.8 Å². The predicted octanol–water partition coefficient (Wildman–Crippen LogP) is 5.95. The van der Waals surface area contributed by atoms with Crippen LogP contribution < -0.4 is 16.4 Å². The molecular formula is C34H43N3O6S. The minimum absolute atomic E-state index is 0.00689. The molecule has 0 saturated carbocycles. The van der Waals surface area contributed by atoms with Crippen LogP contribution in [-0.2, 0) is 25.7 Å². The fourth-order valence-electron chi connectivity index (χ4n) is 5.00. The van der Waals surface area contributed by atoms with Gasteiger partial charge in [-0.2, -0.15) is 11.8 Å². The maximum atomic E-state index is 12.5. The zero-order valence-electron chi connectivity index (χ0n) is 25.0. The first-order valence-electron chi connectivity index (χ1n) is 15.2. The lowest BCUT2D eigenvalue weighted by molar-refractivity contribution is -0.245. The third-order valence-electron chi connectivity index (χ3n) is 7.41. The lowest BCUT2D eigenvalue weighted by Crippen LogP contribution is -2.31. The molecule has 4 rings (SSSR count). The third-order valence-corrected chi connectivity index (χ3v) is 8.49. The molecule has 2 amide bonds. The highest BCUT2D eigenvalue weighted by molar-refractivity contribution is 7.99. The van der Waals surface area contributed by atoms with Crippen molar-refractivity contribution >= 4 is 40.6 Å². The van der Waals surface area contributed by atoms with Crippen molar-refractivity contribution in [2.75, 3.05) is 34.5 Å². The number of nitrogens with one attached hydrogen (secondary N) is 2. The number of hydrogen-bond donors (Lipinski definition) is 5. The molecule has 1 fully saturated rings. The molecule has 1 aliphatic heterocycles. The van der Waals surface area contributed by atoms with Gasteiger partial charge in [-0.15, -0.1) is 0 Å². The van der Waals surface area contributed by atoms with Gasteiger partial charge in [-0.05, 0) is 48.2 Å². The number of thioether (sulfide) groups is 1. The second-order valence-electron chi connectivity index (χ2n) is 10.9. The fourth-order valence-corrected chi connectivity index (χ4v) is 5.77. The van der Waals surface area contributed by atoms with Crippen molar-refractivity contribution in [1.29, 1.82) is 0 Å². The number of unbranched alkanes of at least 4 members (excludes halogenated alkanes) is 3. The maximum absolute atomic E-state index is 12.5. The molecule has 1 saturated heterocycles. The molecule has 0 radical (unpaired) electrons. The van der Waals surface area contributed by atoms with E-state index in [1.54, 1.807) is 23.9 Å². The van der Waals surface area contributed by atoms with E-state index in [2.05, 4.69) is 10.6 Å². The number of amides is 2. The number of aliphatic hydroxyl groups is 2. The van der Waals surface area contributed by atoms with Crippen LogP contribution in [0.3, 0.4) is 0 Å². The number of carbonyl (C=O) groups excluding carboxylic acids is 2. The maximum Gasteiger partial charge on any atom is 0.224 e. The lowest BCUT2D eigenvalue weighted by Gasteiger charge is -2.36. The highest BCUT2D eigenvalue weighted by Crippen LogP contribution is 2.39. The van der Waals surface area contributed by atoms with E-state index in [-0.39, 0.29) is 37.2 Å². The Morgan fingerprint density at radius 2 is 1.48 bits per heavy atom. The topological polar surface area (TPSA) is 143 Å². The molecule has 1 aliphatic rings. The molecule has 3 aromatic carbocycles. The van der Waals surface area contributed by atoms with Crippen LogP contribution in [0.1, 0.15) is 74.0 Å². The van der Waals surface area contributed by atoms with Crippen molar-refractivity contribution in [3.05, 3.63) is 89.5 Å². The second-order valence-corrected chi connectivity index (χ2v) is 12.0. The highest BCUT2D eigenvalue weighted by Gasteiger charge is 2.32. The molecule has 44 heavy (non-hydrogen) atoms. The van der Waals surface area contributed by atoms with E-state index in [0.29, 0.717) is 42.1 Å². The summed E-state index contributed by atoms with van der Waals surface area (Å²) in [4.78, 5) is 24.7. The largest absolute Gasteiger partial charge is 0.397 e. The first-order valence-corrected chi connectivity index (χ1v) is 16.3. The molecule has 0 aliphatic carbocycles. The first kappa shape index (κ1) is 33.5. The zero-order chi connectivity index (χ0) is 31.1. The summed E-state index contributed by atoms with van der Waals surface area (Å²) in [6.45, 7) is 0.119. The Morgan fingerprint density at radius 1 is 0.818 bits per heavy atom. The Labute approximate surface area is 263 Å². The SMILES string of the molecule is Nc1ccccc1NC(=O)CCCCCCC(=O)Nc1ccc(C2OC(CSCCO)CC(c3ccc(CO)cc3)O2)cc1. The predicted molar refractivity (Wildman–Crippen MR) is 175 cm³/mol. The summed E-state index contributed by atoms with van der Waals surface area (Å²) in [5, 5.41) is 24.4. The Hall–Kier alpha value is -3.41. The standard InChI is InChI=1S/C34H43N3O6S/c35-29-7-5-6-8-30(29)37-33(41)10-4-2-1-3-9-32(40)36-27-17-15-26(16-18-27)34-42-28(23-44-20-19-38)21-31(43-34)25-13-11-24(22-39)12-14-25/h5-8,11-18,28,31,34,38-39H,1-4,9-10,19-23,35H2,(H,36,40)(H,37,41). The van der Waals surface area contributed by atoms with E-state index in [0.717, 1.165) is 48.1 Å². The smallest absolute Gasteiger partial charge is 0.224 e. The number of ether oxygens (including phenoxy) is 2. The van der Waals surface area contributed by atoms with Gasteiger partial charge in [-0.1, -0.05) is 61.4 Å². The summed E-state index contributed by atoms with van der Waals surface area (Å²) >= 11 is 1.65. The molecule has 10 heteroatoms. The fraction of sp³-hybridized carbons (Fsp3) is 0.412. The molecule has 1 heterocycles. The summed E-state index contributed by atoms with van der Waals surface area (Å²) in [5.74, 6) is 1.29. The van der Waals surface area contributed by atoms with E-state index in [9.17, 15) is 19.8 Å². The van der Waals surface area contributed by atoms with Crippen LogP contribution in [-0.4, -0.2) is 46.2 Å². The number of nitrogen functional groups attached to an aromatic ring is 1. The van der Waals surface area contributed by atoms with Crippen molar-refractivity contribution in [3.8, 4) is 0 Å². The minimum Gasteiger partial charge on any atom is -0.397 e. The molecule has 3 aromatic rings. The summed E-state index contributed by atoms with van der Waals surface area (Å²) in [5.41, 5.74) is 10.5. The van der Waals surface area contributed by atoms with E-state index < -0.39 is 6.29 Å². The van der Waals surface area contributed by atoms with E-state index in [4.69, 9.17) is 15.2 Å². The molecule has 0 bridgehead atoms. The number of para-hydroxylation sites is 2. The van der Waals surface area contributed by atoms with Crippen LogP contribution in [0.2, 0.25) is 0 Å². The number of aliphatic hydroxyl groups excluding tert-OH is 2. The lowest BCUT2D eigenvalue weighted by atomic mass is 10.0. The Bertz CT molecular complexity index is 1320. The number of hydrogen-bond acceptors (Lipinski definition) is 8. The van der Waals surface area contributed by atoms with Gasteiger partial charge in [0.15, 0.2) is 6.29 Å². The molecule has 0 aromatic heterocycles. The van der Waals surface area contributed by atoms with Gasteiger partial charge in [0.1, 0.15) is 0 Å². The number of anilines is 3. The number of rotatable bonds is 16. The van der Waals surface area contributed by atoms with Crippen LogP contribution in [0.15, 0.2) is 72.8 Å². The second kappa shape index (κ2) is 17.8. The normalized spacial score (nSPS) is 18.1. The summed E-state index contributed by atoms with van der Waals surface area (Å²) in [6.07, 6.45) is 3.97. The van der Waals surface area contributed by atoms with E-state index in [1.807, 2.05) is 60.7 Å². The molecule has 0 spiro atoms. The van der Waals surface area contributed by atoms with Crippen LogP contribution in [0, 0.1) is 0 Å². The van der Waals surface area contributed by atoms with Gasteiger partial charge >= 0.3 is 0 Å². The molecular weight excluding hydrogens is 578 g/mol. The Morgan fingerprint density at radius 3 is 2.14 bits per heavy atom. The molecule has 3 atom stereocenters. The average Bonchev–Trinajstić information content (AvgIpc) is 3.04. The minimum atomic E-state index is -0.567. The summed E-state index contributed by atoms with van der Waals surface area (Å²) < 4.78 is 12.7. The number of nitrogens with two attached hydrogens (primary N) is 1. The van der Waals surface area contributed by atoms with E-state index in [1.165, 1.54) is 0 Å². The van der Waals surface area contributed by atoms with Gasteiger partial charge in [0.05, 0.1) is 36.8 Å². The van der Waals surface area contributed by atoms with Crippen molar-refractivity contribution in [1.82, 2.24) is 0 Å². The van der Waals surface area contributed by atoms with E-state index >= 15 is 0 Å². The van der Waals surface area contributed by atoms with Crippen molar-refractivity contribution < 1.29 is 29.3 Å². The third kappa shape index (κ3) is 10.6. The molecule has 236 valence electrons. The van der Waals surface area contributed by atoms with Crippen molar-refractivity contribution in [2.24, 2.45) is 0 Å². The first-order chi connectivity index (χ1) is 21.4. The van der Waals surface area contributed by atoms with Gasteiger partial charge < -0.3 is 36.1 Å². The Kier molecular flexibility index (Phi) is 13.5. The van der Waals surface area contributed by atoms with Crippen LogP contribution in [0.4, 0.5) is 17.1 Å². The quantitative estimate of drug-likeness (QED) is 0.0976. The molecule has 3 unspecified atom stereocenters. The van der Waals surface area contributed by atoms with Crippen LogP contribution in [0.25, 0.3) is 0 Å². The number of carbonyl (C=O) groups is 2. The van der Waals surface area contributed by atoms with Crippen molar-refractivity contribution in [3.63, 3.8) is 0 Å². The van der Waals surface area contributed by atoms with Crippen LogP contribution in [0.5, 0.6) is 0 Å². The monoisotopic (exact) mass is 621 g/mol. The average molecular weight is 622 g/mol. The van der Waals surface area contributed by atoms with Gasteiger partial charge in [0, 0.05) is 42.0 Å².